The number of benzene rings is 1. The second kappa shape index (κ2) is 5.29. The van der Waals surface area contributed by atoms with Gasteiger partial charge in [-0.1, -0.05) is 30.3 Å². The van der Waals surface area contributed by atoms with Crippen molar-refractivity contribution in [1.29, 1.82) is 0 Å². The Morgan fingerprint density at radius 1 is 1.35 bits per heavy atom. The lowest BCUT2D eigenvalue weighted by Crippen LogP contribution is -2.27. The van der Waals surface area contributed by atoms with Gasteiger partial charge in [-0.25, -0.2) is 0 Å². The maximum atomic E-state index is 12.5. The average Bonchev–Trinajstić information content (AvgIpc) is 3.07. The molecule has 1 aliphatic heterocycles. The van der Waals surface area contributed by atoms with E-state index in [1.165, 1.54) is 16.9 Å². The Labute approximate surface area is 123 Å². The molecule has 0 radical (unpaired) electrons. The standard InChI is InChI=1S/C16H18N2OS/c1-11-14(17)9-15(20-11)16(19)18-8-7-13(10-18)12-5-3-2-4-6-12/h2-6,9,13H,7-8,10,17H2,1H3. The summed E-state index contributed by atoms with van der Waals surface area (Å²) in [6.45, 7) is 3.59. The number of anilines is 1. The molecule has 20 heavy (non-hydrogen) atoms. The van der Waals surface area contributed by atoms with E-state index in [1.807, 2.05) is 17.9 Å². The molecule has 1 saturated heterocycles. The summed E-state index contributed by atoms with van der Waals surface area (Å²) >= 11 is 1.49. The molecule has 1 aliphatic rings. The van der Waals surface area contributed by atoms with Gasteiger partial charge in [0.05, 0.1) is 4.88 Å². The number of nitrogen functional groups attached to an aromatic ring is 1. The highest BCUT2D eigenvalue weighted by molar-refractivity contribution is 7.14. The van der Waals surface area contributed by atoms with Gasteiger partial charge in [-0.15, -0.1) is 11.3 Å². The van der Waals surface area contributed by atoms with Gasteiger partial charge in [-0.2, -0.15) is 0 Å². The molecule has 1 amide bonds. The average molecular weight is 286 g/mol. The summed E-state index contributed by atoms with van der Waals surface area (Å²) in [6.07, 6.45) is 1.04. The minimum Gasteiger partial charge on any atom is -0.398 e. The van der Waals surface area contributed by atoms with Crippen molar-refractivity contribution >= 4 is 22.9 Å². The molecule has 1 unspecified atom stereocenters. The quantitative estimate of drug-likeness (QED) is 0.921. The summed E-state index contributed by atoms with van der Waals surface area (Å²) in [6, 6.07) is 12.2. The highest BCUT2D eigenvalue weighted by Gasteiger charge is 2.28. The molecular weight excluding hydrogens is 268 g/mol. The van der Waals surface area contributed by atoms with E-state index >= 15 is 0 Å². The van der Waals surface area contributed by atoms with E-state index in [9.17, 15) is 4.79 Å². The van der Waals surface area contributed by atoms with Crippen molar-refractivity contribution in [3.05, 3.63) is 51.7 Å². The van der Waals surface area contributed by atoms with E-state index in [2.05, 4.69) is 24.3 Å². The number of hydrogen-bond donors (Lipinski definition) is 1. The summed E-state index contributed by atoms with van der Waals surface area (Å²) in [7, 11) is 0. The SMILES string of the molecule is Cc1sc(C(=O)N2CCC(c3ccccc3)C2)cc1N. The van der Waals surface area contributed by atoms with Crippen molar-refractivity contribution in [2.75, 3.05) is 18.8 Å². The fourth-order valence-electron chi connectivity index (χ4n) is 2.70. The summed E-state index contributed by atoms with van der Waals surface area (Å²) in [5.41, 5.74) is 7.88. The van der Waals surface area contributed by atoms with Crippen LogP contribution in [0.2, 0.25) is 0 Å². The Hall–Kier alpha value is -1.81. The first-order chi connectivity index (χ1) is 9.65. The summed E-state index contributed by atoms with van der Waals surface area (Å²) < 4.78 is 0. The van der Waals surface area contributed by atoms with Crippen molar-refractivity contribution in [1.82, 2.24) is 4.90 Å². The lowest BCUT2D eigenvalue weighted by atomic mass is 9.99. The van der Waals surface area contributed by atoms with Crippen LogP contribution in [-0.4, -0.2) is 23.9 Å². The number of nitrogens with two attached hydrogens (primary N) is 1. The number of hydrogen-bond acceptors (Lipinski definition) is 3. The number of rotatable bonds is 2. The largest absolute Gasteiger partial charge is 0.398 e. The maximum Gasteiger partial charge on any atom is 0.264 e. The Bertz CT molecular complexity index is 601. The molecule has 1 aromatic carbocycles. The lowest BCUT2D eigenvalue weighted by Gasteiger charge is -2.15. The number of aryl methyl sites for hydroxylation is 1. The number of carbonyl (C=O) groups excluding carboxylic acids is 1. The number of likely N-dealkylation sites (tertiary alicyclic amines) is 1. The van der Waals surface area contributed by atoms with Crippen LogP contribution in [0.4, 0.5) is 5.69 Å². The normalized spacial score (nSPS) is 18.4. The van der Waals surface area contributed by atoms with Crippen molar-refractivity contribution in [3.63, 3.8) is 0 Å². The minimum absolute atomic E-state index is 0.119. The van der Waals surface area contributed by atoms with Crippen LogP contribution in [-0.2, 0) is 0 Å². The number of carbonyl (C=O) groups is 1. The molecule has 0 spiro atoms. The third-order valence-corrected chi connectivity index (χ3v) is 4.97. The van der Waals surface area contributed by atoms with Gasteiger partial charge in [-0.05, 0) is 25.0 Å². The molecule has 2 aromatic rings. The smallest absolute Gasteiger partial charge is 0.264 e. The first-order valence-corrected chi connectivity index (χ1v) is 7.67. The molecule has 0 aliphatic carbocycles. The zero-order chi connectivity index (χ0) is 14.1. The van der Waals surface area contributed by atoms with E-state index < -0.39 is 0 Å². The first-order valence-electron chi connectivity index (χ1n) is 6.85. The summed E-state index contributed by atoms with van der Waals surface area (Å²) in [4.78, 5) is 16.2. The third-order valence-electron chi connectivity index (χ3n) is 3.91. The van der Waals surface area contributed by atoms with Crippen LogP contribution in [0.3, 0.4) is 0 Å². The molecule has 2 heterocycles. The van der Waals surface area contributed by atoms with Gasteiger partial charge in [0, 0.05) is 29.6 Å². The van der Waals surface area contributed by atoms with Crippen LogP contribution >= 0.6 is 11.3 Å². The van der Waals surface area contributed by atoms with Gasteiger partial charge in [0.1, 0.15) is 0 Å². The molecule has 104 valence electrons. The minimum atomic E-state index is 0.119. The van der Waals surface area contributed by atoms with Gasteiger partial charge >= 0.3 is 0 Å². The van der Waals surface area contributed by atoms with E-state index in [-0.39, 0.29) is 5.91 Å². The highest BCUT2D eigenvalue weighted by Crippen LogP contribution is 2.30. The molecule has 1 fully saturated rings. The molecule has 3 rings (SSSR count). The molecule has 0 saturated carbocycles. The van der Waals surface area contributed by atoms with E-state index in [0.29, 0.717) is 5.92 Å². The van der Waals surface area contributed by atoms with Crippen LogP contribution < -0.4 is 5.73 Å². The highest BCUT2D eigenvalue weighted by atomic mass is 32.1. The predicted octanol–water partition coefficient (Wildman–Crippen LogP) is 3.27. The number of nitrogens with zero attached hydrogens (tertiary/aromatic N) is 1. The first kappa shape index (κ1) is 13.2. The Morgan fingerprint density at radius 3 is 2.75 bits per heavy atom. The van der Waals surface area contributed by atoms with E-state index in [1.54, 1.807) is 6.07 Å². The fourth-order valence-corrected chi connectivity index (χ4v) is 3.61. The van der Waals surface area contributed by atoms with Gasteiger partial charge in [0.15, 0.2) is 0 Å². The molecule has 4 heteroatoms. The fraction of sp³-hybridized carbons (Fsp3) is 0.312. The molecular formula is C16H18N2OS. The Balaban J connectivity index is 1.72. The summed E-state index contributed by atoms with van der Waals surface area (Å²) in [5.74, 6) is 0.576. The van der Waals surface area contributed by atoms with Crippen LogP contribution in [0.5, 0.6) is 0 Å². The Kier molecular flexibility index (Phi) is 3.49. The van der Waals surface area contributed by atoms with E-state index in [4.69, 9.17) is 5.73 Å². The molecule has 2 N–H and O–H groups in total. The topological polar surface area (TPSA) is 46.3 Å². The van der Waals surface area contributed by atoms with Crippen molar-refractivity contribution in [2.24, 2.45) is 0 Å². The van der Waals surface area contributed by atoms with Crippen molar-refractivity contribution in [2.45, 2.75) is 19.3 Å². The van der Waals surface area contributed by atoms with Crippen molar-refractivity contribution in [3.8, 4) is 0 Å². The predicted molar refractivity (Wildman–Crippen MR) is 83.2 cm³/mol. The number of amides is 1. The molecule has 3 nitrogen and oxygen atoms in total. The van der Waals surface area contributed by atoms with Gasteiger partial charge in [-0.3, -0.25) is 4.79 Å². The monoisotopic (exact) mass is 286 g/mol. The molecule has 1 aromatic heterocycles. The van der Waals surface area contributed by atoms with Gasteiger partial charge in [0.25, 0.3) is 5.91 Å². The zero-order valence-electron chi connectivity index (χ0n) is 11.5. The second-order valence-electron chi connectivity index (χ2n) is 5.27. The lowest BCUT2D eigenvalue weighted by molar-refractivity contribution is 0.0795. The van der Waals surface area contributed by atoms with E-state index in [0.717, 1.165) is 35.0 Å². The van der Waals surface area contributed by atoms with Crippen LogP contribution in [0.25, 0.3) is 0 Å². The third kappa shape index (κ3) is 2.43. The molecule has 1 atom stereocenters. The number of thiophene rings is 1. The van der Waals surface area contributed by atoms with Crippen LogP contribution in [0.15, 0.2) is 36.4 Å². The Morgan fingerprint density at radius 2 is 2.10 bits per heavy atom. The van der Waals surface area contributed by atoms with Crippen molar-refractivity contribution < 1.29 is 4.79 Å². The second-order valence-corrected chi connectivity index (χ2v) is 6.53. The van der Waals surface area contributed by atoms with Crippen LogP contribution in [0.1, 0.15) is 32.5 Å². The zero-order valence-corrected chi connectivity index (χ0v) is 12.3. The molecule has 0 bridgehead atoms. The maximum absolute atomic E-state index is 12.5. The van der Waals surface area contributed by atoms with Crippen LogP contribution in [0, 0.1) is 6.92 Å². The summed E-state index contributed by atoms with van der Waals surface area (Å²) in [5, 5.41) is 0. The van der Waals surface area contributed by atoms with Gasteiger partial charge < -0.3 is 10.6 Å². The van der Waals surface area contributed by atoms with Gasteiger partial charge in [0.2, 0.25) is 0 Å².